The van der Waals surface area contributed by atoms with E-state index in [4.69, 9.17) is 0 Å². The Labute approximate surface area is 137 Å². The summed E-state index contributed by atoms with van der Waals surface area (Å²) in [7, 11) is 0. The molecule has 0 fully saturated rings. The van der Waals surface area contributed by atoms with Crippen LogP contribution in [0.15, 0.2) is 84.9 Å². The average molecular weight is 300 g/mol. The fourth-order valence-corrected chi connectivity index (χ4v) is 2.82. The second-order valence-electron chi connectivity index (χ2n) is 6.26. The van der Waals surface area contributed by atoms with Gasteiger partial charge >= 0.3 is 0 Å². The quantitative estimate of drug-likeness (QED) is 0.602. The van der Waals surface area contributed by atoms with Crippen LogP contribution in [0.5, 0.6) is 0 Å². The molecule has 23 heavy (non-hydrogen) atoms. The molecule has 1 nitrogen and oxygen atoms in total. The Morgan fingerprint density at radius 1 is 0.609 bits per heavy atom. The lowest BCUT2D eigenvalue weighted by molar-refractivity contribution is 0.103. The third kappa shape index (κ3) is 3.09. The standard InChI is InChI=1S/C22H20O/c1-22(2,19-11-7-4-8-12-19)20-15-13-18(14-16-20)21(23)17-9-5-3-6-10-17/h3-16H,1-2H3. The van der Waals surface area contributed by atoms with Crippen molar-refractivity contribution in [3.63, 3.8) is 0 Å². The van der Waals surface area contributed by atoms with Crippen LogP contribution < -0.4 is 0 Å². The Morgan fingerprint density at radius 2 is 1.04 bits per heavy atom. The molecule has 0 aromatic heterocycles. The van der Waals surface area contributed by atoms with Crippen LogP contribution in [0, 0.1) is 0 Å². The van der Waals surface area contributed by atoms with Crippen LogP contribution >= 0.6 is 0 Å². The van der Waals surface area contributed by atoms with Gasteiger partial charge in [0.2, 0.25) is 0 Å². The molecule has 0 aliphatic heterocycles. The molecule has 0 bridgehead atoms. The van der Waals surface area contributed by atoms with Gasteiger partial charge in [0.05, 0.1) is 0 Å². The summed E-state index contributed by atoms with van der Waals surface area (Å²) in [5.41, 5.74) is 3.83. The van der Waals surface area contributed by atoms with Crippen LogP contribution in [0.4, 0.5) is 0 Å². The summed E-state index contributed by atoms with van der Waals surface area (Å²) in [4.78, 5) is 12.5. The van der Waals surface area contributed by atoms with Crippen LogP contribution in [0.3, 0.4) is 0 Å². The van der Waals surface area contributed by atoms with Gasteiger partial charge in [0.1, 0.15) is 0 Å². The predicted octanol–water partition coefficient (Wildman–Crippen LogP) is 5.24. The number of ketones is 1. The van der Waals surface area contributed by atoms with E-state index in [0.29, 0.717) is 0 Å². The third-order valence-electron chi connectivity index (χ3n) is 4.40. The van der Waals surface area contributed by atoms with Gasteiger partial charge in [0.15, 0.2) is 5.78 Å². The van der Waals surface area contributed by atoms with Gasteiger partial charge in [-0.25, -0.2) is 0 Å². The Hall–Kier alpha value is -2.67. The molecule has 114 valence electrons. The summed E-state index contributed by atoms with van der Waals surface area (Å²) in [6.45, 7) is 4.41. The lowest BCUT2D eigenvalue weighted by Gasteiger charge is -2.26. The molecule has 0 aliphatic rings. The van der Waals surface area contributed by atoms with E-state index in [1.54, 1.807) is 0 Å². The van der Waals surface area contributed by atoms with Crippen molar-refractivity contribution in [2.24, 2.45) is 0 Å². The van der Waals surface area contributed by atoms with E-state index >= 15 is 0 Å². The normalized spacial score (nSPS) is 11.2. The maximum atomic E-state index is 12.5. The first-order valence-electron chi connectivity index (χ1n) is 7.85. The van der Waals surface area contributed by atoms with Crippen molar-refractivity contribution in [2.45, 2.75) is 19.3 Å². The van der Waals surface area contributed by atoms with E-state index in [1.807, 2.05) is 48.5 Å². The molecular formula is C22H20O. The summed E-state index contributed by atoms with van der Waals surface area (Å²) in [5.74, 6) is 0.0645. The summed E-state index contributed by atoms with van der Waals surface area (Å²) in [5, 5.41) is 0. The van der Waals surface area contributed by atoms with Gasteiger partial charge in [-0.2, -0.15) is 0 Å². The Balaban J connectivity index is 1.89. The van der Waals surface area contributed by atoms with Gasteiger partial charge in [0.25, 0.3) is 0 Å². The SMILES string of the molecule is CC(C)(c1ccccc1)c1ccc(C(=O)c2ccccc2)cc1. The van der Waals surface area contributed by atoms with Crippen LogP contribution in [-0.4, -0.2) is 5.78 Å². The molecule has 0 aliphatic carbocycles. The van der Waals surface area contributed by atoms with E-state index in [0.717, 1.165) is 11.1 Å². The second kappa shape index (κ2) is 6.21. The highest BCUT2D eigenvalue weighted by molar-refractivity contribution is 6.08. The van der Waals surface area contributed by atoms with E-state index in [1.165, 1.54) is 11.1 Å². The molecule has 0 atom stereocenters. The minimum atomic E-state index is -0.0877. The summed E-state index contributed by atoms with van der Waals surface area (Å²) in [6, 6.07) is 27.8. The topological polar surface area (TPSA) is 17.1 Å². The van der Waals surface area contributed by atoms with Crippen LogP contribution in [0.1, 0.15) is 40.9 Å². The van der Waals surface area contributed by atoms with Gasteiger partial charge in [0, 0.05) is 16.5 Å². The zero-order valence-corrected chi connectivity index (χ0v) is 13.5. The molecule has 3 aromatic rings. The average Bonchev–Trinajstić information content (AvgIpc) is 2.63. The molecule has 0 amide bonds. The van der Waals surface area contributed by atoms with Gasteiger partial charge < -0.3 is 0 Å². The number of hydrogen-bond donors (Lipinski definition) is 0. The molecule has 3 rings (SSSR count). The fourth-order valence-electron chi connectivity index (χ4n) is 2.82. The number of benzene rings is 3. The minimum Gasteiger partial charge on any atom is -0.289 e. The highest BCUT2D eigenvalue weighted by Gasteiger charge is 2.23. The van der Waals surface area contributed by atoms with Gasteiger partial charge in [-0.05, 0) is 11.1 Å². The van der Waals surface area contributed by atoms with Crippen LogP contribution in [-0.2, 0) is 5.41 Å². The molecule has 0 saturated heterocycles. The van der Waals surface area contributed by atoms with Crippen molar-refractivity contribution in [2.75, 3.05) is 0 Å². The molecule has 0 saturated carbocycles. The largest absolute Gasteiger partial charge is 0.289 e. The molecule has 0 radical (unpaired) electrons. The van der Waals surface area contributed by atoms with Crippen LogP contribution in [0.2, 0.25) is 0 Å². The van der Waals surface area contributed by atoms with Crippen molar-refractivity contribution in [1.29, 1.82) is 0 Å². The van der Waals surface area contributed by atoms with Gasteiger partial charge in [-0.1, -0.05) is 98.8 Å². The van der Waals surface area contributed by atoms with E-state index < -0.39 is 0 Å². The Kier molecular flexibility index (Phi) is 4.12. The van der Waals surface area contributed by atoms with Gasteiger partial charge in [-0.15, -0.1) is 0 Å². The minimum absolute atomic E-state index is 0.0645. The Morgan fingerprint density at radius 3 is 1.61 bits per heavy atom. The first kappa shape index (κ1) is 15.2. The molecule has 3 aromatic carbocycles. The van der Waals surface area contributed by atoms with Crippen molar-refractivity contribution in [3.05, 3.63) is 107 Å². The van der Waals surface area contributed by atoms with Crippen molar-refractivity contribution in [3.8, 4) is 0 Å². The van der Waals surface area contributed by atoms with Crippen molar-refractivity contribution >= 4 is 5.78 Å². The zero-order chi connectivity index (χ0) is 16.3. The maximum Gasteiger partial charge on any atom is 0.193 e. The smallest absolute Gasteiger partial charge is 0.193 e. The first-order valence-corrected chi connectivity index (χ1v) is 7.85. The lowest BCUT2D eigenvalue weighted by Crippen LogP contribution is -2.18. The number of carbonyl (C=O) groups excluding carboxylic acids is 1. The first-order chi connectivity index (χ1) is 11.1. The highest BCUT2D eigenvalue weighted by Crippen LogP contribution is 2.31. The lowest BCUT2D eigenvalue weighted by atomic mass is 9.78. The second-order valence-corrected chi connectivity index (χ2v) is 6.26. The highest BCUT2D eigenvalue weighted by atomic mass is 16.1. The molecule has 1 heteroatoms. The molecule has 0 heterocycles. The van der Waals surface area contributed by atoms with E-state index in [2.05, 4.69) is 50.2 Å². The predicted molar refractivity (Wildman–Crippen MR) is 94.9 cm³/mol. The number of rotatable bonds is 4. The fraction of sp³-hybridized carbons (Fsp3) is 0.136. The zero-order valence-electron chi connectivity index (χ0n) is 13.5. The third-order valence-corrected chi connectivity index (χ3v) is 4.40. The summed E-state index contributed by atoms with van der Waals surface area (Å²) in [6.07, 6.45) is 0. The van der Waals surface area contributed by atoms with Gasteiger partial charge in [-0.3, -0.25) is 4.79 Å². The van der Waals surface area contributed by atoms with Crippen molar-refractivity contribution < 1.29 is 4.79 Å². The number of hydrogen-bond acceptors (Lipinski definition) is 1. The van der Waals surface area contributed by atoms with Crippen LogP contribution in [0.25, 0.3) is 0 Å². The molecule has 0 unspecified atom stereocenters. The van der Waals surface area contributed by atoms with Crippen molar-refractivity contribution in [1.82, 2.24) is 0 Å². The molecule has 0 N–H and O–H groups in total. The number of carbonyl (C=O) groups is 1. The monoisotopic (exact) mass is 300 g/mol. The molecule has 0 spiro atoms. The van der Waals surface area contributed by atoms with E-state index in [9.17, 15) is 4.79 Å². The summed E-state index contributed by atoms with van der Waals surface area (Å²) >= 11 is 0. The molecular weight excluding hydrogens is 280 g/mol. The summed E-state index contributed by atoms with van der Waals surface area (Å²) < 4.78 is 0. The Bertz CT molecular complexity index is 784. The maximum absolute atomic E-state index is 12.5. The van der Waals surface area contributed by atoms with E-state index in [-0.39, 0.29) is 11.2 Å².